The molecule has 3 rings (SSSR count). The van der Waals surface area contributed by atoms with Gasteiger partial charge in [-0.3, -0.25) is 9.59 Å². The Morgan fingerprint density at radius 2 is 2.04 bits per heavy atom. The number of carbonyl (C=O) groups excluding carboxylic acids is 2. The van der Waals surface area contributed by atoms with Crippen molar-refractivity contribution < 1.29 is 23.1 Å². The van der Waals surface area contributed by atoms with Crippen LogP contribution in [0.4, 0.5) is 20.2 Å². The summed E-state index contributed by atoms with van der Waals surface area (Å²) in [6.07, 6.45) is 0.00903. The van der Waals surface area contributed by atoms with Gasteiger partial charge in [0.2, 0.25) is 11.8 Å². The number of halogens is 2. The molecule has 1 heterocycles. The summed E-state index contributed by atoms with van der Waals surface area (Å²) in [5, 5.41) is 2.42. The van der Waals surface area contributed by atoms with E-state index in [-0.39, 0.29) is 24.6 Å². The van der Waals surface area contributed by atoms with Crippen molar-refractivity contribution in [1.29, 1.82) is 0 Å². The zero-order chi connectivity index (χ0) is 18.7. The summed E-state index contributed by atoms with van der Waals surface area (Å²) < 4.78 is 32.2. The van der Waals surface area contributed by atoms with E-state index < -0.39 is 23.5 Å². The third-order valence-electron chi connectivity index (χ3n) is 4.14. The van der Waals surface area contributed by atoms with Crippen molar-refractivity contribution in [1.82, 2.24) is 0 Å². The van der Waals surface area contributed by atoms with Crippen molar-refractivity contribution >= 4 is 23.2 Å². The van der Waals surface area contributed by atoms with Gasteiger partial charge in [0.25, 0.3) is 0 Å². The van der Waals surface area contributed by atoms with Gasteiger partial charge in [0.15, 0.2) is 0 Å². The maximum Gasteiger partial charge on any atom is 0.229 e. The molecule has 1 atom stereocenters. The molecule has 7 heteroatoms. The van der Waals surface area contributed by atoms with Crippen LogP contribution in [0, 0.1) is 17.6 Å². The molecule has 1 aliphatic heterocycles. The van der Waals surface area contributed by atoms with Crippen LogP contribution in [0.3, 0.4) is 0 Å². The number of nitrogens with zero attached hydrogens (tertiary/aromatic N) is 1. The van der Waals surface area contributed by atoms with E-state index in [0.717, 1.165) is 12.1 Å². The number of ether oxygens (including phenoxy) is 1. The molecule has 0 spiro atoms. The molecule has 0 aliphatic carbocycles. The van der Waals surface area contributed by atoms with Crippen molar-refractivity contribution in [2.24, 2.45) is 5.92 Å². The van der Waals surface area contributed by atoms with Gasteiger partial charge in [-0.25, -0.2) is 8.78 Å². The first-order valence-corrected chi connectivity index (χ1v) is 8.27. The number of carbonyl (C=O) groups is 2. The number of benzene rings is 2. The number of hydrogen-bond acceptors (Lipinski definition) is 3. The van der Waals surface area contributed by atoms with E-state index >= 15 is 0 Å². The summed E-state index contributed by atoms with van der Waals surface area (Å²) in [5.74, 6) is -2.36. The minimum Gasteiger partial charge on any atom is -0.492 e. The quantitative estimate of drug-likeness (QED) is 0.890. The van der Waals surface area contributed by atoms with E-state index in [1.54, 1.807) is 24.3 Å². The Morgan fingerprint density at radius 3 is 2.77 bits per heavy atom. The Morgan fingerprint density at radius 1 is 1.27 bits per heavy atom. The highest BCUT2D eigenvalue weighted by atomic mass is 19.1. The van der Waals surface area contributed by atoms with E-state index in [1.165, 1.54) is 4.90 Å². The Bertz CT molecular complexity index is 841. The van der Waals surface area contributed by atoms with Crippen LogP contribution in [-0.4, -0.2) is 25.0 Å². The average Bonchev–Trinajstić information content (AvgIpc) is 3.00. The first kappa shape index (κ1) is 17.8. The highest BCUT2D eigenvalue weighted by Gasteiger charge is 2.36. The molecular weight excluding hydrogens is 342 g/mol. The topological polar surface area (TPSA) is 58.6 Å². The van der Waals surface area contributed by atoms with Gasteiger partial charge in [-0.2, -0.15) is 0 Å². The first-order chi connectivity index (χ1) is 12.5. The van der Waals surface area contributed by atoms with Gasteiger partial charge in [0.05, 0.1) is 23.9 Å². The van der Waals surface area contributed by atoms with Crippen molar-refractivity contribution in [2.75, 3.05) is 23.4 Å². The number of para-hydroxylation sites is 2. The van der Waals surface area contributed by atoms with Gasteiger partial charge in [0, 0.05) is 19.0 Å². The predicted molar refractivity (Wildman–Crippen MR) is 93.1 cm³/mol. The second kappa shape index (κ2) is 7.51. The van der Waals surface area contributed by atoms with Crippen LogP contribution >= 0.6 is 0 Å². The van der Waals surface area contributed by atoms with E-state index in [2.05, 4.69) is 5.32 Å². The van der Waals surface area contributed by atoms with Crippen LogP contribution in [0.5, 0.6) is 5.75 Å². The summed E-state index contributed by atoms with van der Waals surface area (Å²) in [6, 6.07) is 10.0. The molecule has 2 amide bonds. The normalized spacial score (nSPS) is 16.7. The minimum atomic E-state index is -0.860. The summed E-state index contributed by atoms with van der Waals surface area (Å²) in [6.45, 7) is 2.46. The van der Waals surface area contributed by atoms with Crippen LogP contribution in [0.25, 0.3) is 0 Å². The second-order valence-corrected chi connectivity index (χ2v) is 5.92. The number of anilines is 2. The summed E-state index contributed by atoms with van der Waals surface area (Å²) >= 11 is 0. The molecule has 2 aromatic rings. The van der Waals surface area contributed by atoms with Gasteiger partial charge in [0.1, 0.15) is 17.4 Å². The van der Waals surface area contributed by atoms with Gasteiger partial charge < -0.3 is 15.0 Å². The van der Waals surface area contributed by atoms with Gasteiger partial charge >= 0.3 is 0 Å². The van der Waals surface area contributed by atoms with Crippen molar-refractivity contribution in [3.05, 3.63) is 54.1 Å². The summed E-state index contributed by atoms with van der Waals surface area (Å²) in [5.41, 5.74) is 0.486. The van der Waals surface area contributed by atoms with Gasteiger partial charge in [-0.05, 0) is 31.2 Å². The molecule has 1 aliphatic rings. The number of nitrogens with one attached hydrogen (secondary N) is 1. The van der Waals surface area contributed by atoms with Crippen LogP contribution in [0.1, 0.15) is 13.3 Å². The number of rotatable bonds is 5. The monoisotopic (exact) mass is 360 g/mol. The van der Waals surface area contributed by atoms with E-state index in [4.69, 9.17) is 4.74 Å². The molecule has 1 fully saturated rings. The lowest BCUT2D eigenvalue weighted by atomic mass is 10.1. The largest absolute Gasteiger partial charge is 0.492 e. The van der Waals surface area contributed by atoms with Gasteiger partial charge in [-0.15, -0.1) is 0 Å². The maximum absolute atomic E-state index is 13.7. The lowest BCUT2D eigenvalue weighted by molar-refractivity contribution is -0.122. The number of hydrogen-bond donors (Lipinski definition) is 1. The van der Waals surface area contributed by atoms with Crippen LogP contribution in [0.2, 0.25) is 0 Å². The zero-order valence-electron chi connectivity index (χ0n) is 14.2. The Labute approximate surface area is 149 Å². The molecular formula is C19H18F2N2O3. The lowest BCUT2D eigenvalue weighted by Crippen LogP contribution is -2.28. The second-order valence-electron chi connectivity index (χ2n) is 5.92. The van der Waals surface area contributed by atoms with Crippen LogP contribution in [0.15, 0.2) is 42.5 Å². The van der Waals surface area contributed by atoms with Crippen LogP contribution in [-0.2, 0) is 9.59 Å². The number of amides is 2. The molecule has 5 nitrogen and oxygen atoms in total. The standard InChI is InChI=1S/C19H18F2N2O3/c1-2-26-17-6-4-3-5-16(17)23-11-12(9-18(23)24)19(25)22-15-8-7-13(20)10-14(15)21/h3-8,10,12H,2,9,11H2,1H3,(H,22,25). The van der Waals surface area contributed by atoms with Crippen LogP contribution < -0.4 is 15.0 Å². The molecule has 2 aromatic carbocycles. The first-order valence-electron chi connectivity index (χ1n) is 8.27. The molecule has 0 bridgehead atoms. The molecule has 1 unspecified atom stereocenters. The lowest BCUT2D eigenvalue weighted by Gasteiger charge is -2.20. The molecule has 136 valence electrons. The molecule has 0 aromatic heterocycles. The summed E-state index contributed by atoms with van der Waals surface area (Å²) in [7, 11) is 0. The highest BCUT2D eigenvalue weighted by molar-refractivity contribution is 6.04. The fraction of sp³-hybridized carbons (Fsp3) is 0.263. The van der Waals surface area contributed by atoms with E-state index in [9.17, 15) is 18.4 Å². The van der Waals surface area contributed by atoms with Crippen molar-refractivity contribution in [3.63, 3.8) is 0 Å². The Balaban J connectivity index is 1.74. The predicted octanol–water partition coefficient (Wildman–Crippen LogP) is 3.36. The zero-order valence-corrected chi connectivity index (χ0v) is 14.2. The van der Waals surface area contributed by atoms with E-state index in [0.29, 0.717) is 24.1 Å². The fourth-order valence-corrected chi connectivity index (χ4v) is 2.90. The molecule has 0 radical (unpaired) electrons. The average molecular weight is 360 g/mol. The smallest absolute Gasteiger partial charge is 0.229 e. The van der Waals surface area contributed by atoms with Crippen molar-refractivity contribution in [3.8, 4) is 5.75 Å². The SMILES string of the molecule is CCOc1ccccc1N1CC(C(=O)Nc2ccc(F)cc2F)CC1=O. The molecule has 1 N–H and O–H groups in total. The fourth-order valence-electron chi connectivity index (χ4n) is 2.90. The highest BCUT2D eigenvalue weighted by Crippen LogP contribution is 2.33. The third kappa shape index (κ3) is 3.66. The molecule has 0 saturated carbocycles. The Hall–Kier alpha value is -2.96. The minimum absolute atomic E-state index is 0.00903. The Kier molecular flexibility index (Phi) is 5.16. The van der Waals surface area contributed by atoms with Gasteiger partial charge in [-0.1, -0.05) is 12.1 Å². The van der Waals surface area contributed by atoms with E-state index in [1.807, 2.05) is 6.92 Å². The van der Waals surface area contributed by atoms with Crippen molar-refractivity contribution in [2.45, 2.75) is 13.3 Å². The molecule has 26 heavy (non-hydrogen) atoms. The summed E-state index contributed by atoms with van der Waals surface area (Å²) in [4.78, 5) is 26.3. The molecule has 1 saturated heterocycles. The maximum atomic E-state index is 13.7. The third-order valence-corrected chi connectivity index (χ3v) is 4.14.